The summed E-state index contributed by atoms with van der Waals surface area (Å²) in [5, 5.41) is 12.0. The standard InChI is InChI=1S/C12H9BrF2N2O/c13-12-10(2-1-3-16-12)17-6-7-4-8(14)11(18)9(15)5-7/h1-5,17-18H,6H2. The molecule has 2 rings (SSSR count). The molecule has 0 aliphatic rings. The number of rotatable bonds is 3. The van der Waals surface area contributed by atoms with Gasteiger partial charge in [-0.15, -0.1) is 0 Å². The van der Waals surface area contributed by atoms with Crippen LogP contribution in [0.15, 0.2) is 35.1 Å². The van der Waals surface area contributed by atoms with E-state index in [4.69, 9.17) is 5.11 Å². The van der Waals surface area contributed by atoms with Crippen LogP contribution in [0.2, 0.25) is 0 Å². The summed E-state index contributed by atoms with van der Waals surface area (Å²) in [6.07, 6.45) is 1.62. The van der Waals surface area contributed by atoms with E-state index in [0.717, 1.165) is 12.1 Å². The zero-order valence-corrected chi connectivity index (χ0v) is 10.7. The van der Waals surface area contributed by atoms with Crippen LogP contribution in [0.1, 0.15) is 5.56 Å². The molecule has 1 heterocycles. The molecule has 18 heavy (non-hydrogen) atoms. The minimum Gasteiger partial charge on any atom is -0.503 e. The van der Waals surface area contributed by atoms with Crippen LogP contribution in [-0.4, -0.2) is 10.1 Å². The maximum atomic E-state index is 13.1. The van der Waals surface area contributed by atoms with Crippen molar-refractivity contribution in [2.75, 3.05) is 5.32 Å². The highest BCUT2D eigenvalue weighted by atomic mass is 79.9. The van der Waals surface area contributed by atoms with E-state index in [-0.39, 0.29) is 6.54 Å². The number of anilines is 1. The summed E-state index contributed by atoms with van der Waals surface area (Å²) in [7, 11) is 0. The first-order valence-electron chi connectivity index (χ1n) is 5.09. The third-order valence-corrected chi connectivity index (χ3v) is 2.95. The molecule has 0 saturated heterocycles. The van der Waals surface area contributed by atoms with Gasteiger partial charge in [-0.05, 0) is 45.8 Å². The van der Waals surface area contributed by atoms with E-state index in [1.807, 2.05) is 0 Å². The monoisotopic (exact) mass is 314 g/mol. The lowest BCUT2D eigenvalue weighted by molar-refractivity contribution is 0.395. The summed E-state index contributed by atoms with van der Waals surface area (Å²) >= 11 is 3.25. The van der Waals surface area contributed by atoms with Gasteiger partial charge in [0.15, 0.2) is 17.4 Å². The molecule has 0 saturated carbocycles. The van der Waals surface area contributed by atoms with Gasteiger partial charge in [0.05, 0.1) is 5.69 Å². The Morgan fingerprint density at radius 2 is 1.94 bits per heavy atom. The van der Waals surface area contributed by atoms with Crippen molar-refractivity contribution in [3.63, 3.8) is 0 Å². The SMILES string of the molecule is Oc1c(F)cc(CNc2cccnc2Br)cc1F. The topological polar surface area (TPSA) is 45.1 Å². The van der Waals surface area contributed by atoms with Crippen molar-refractivity contribution in [3.8, 4) is 5.75 Å². The van der Waals surface area contributed by atoms with Crippen molar-refractivity contribution in [3.05, 3.63) is 52.3 Å². The number of phenols is 1. The number of aromatic hydroxyl groups is 1. The molecule has 0 radical (unpaired) electrons. The van der Waals surface area contributed by atoms with Crippen LogP contribution < -0.4 is 5.32 Å². The molecule has 1 aromatic carbocycles. The molecule has 2 N–H and O–H groups in total. The Labute approximate surface area is 111 Å². The van der Waals surface area contributed by atoms with Gasteiger partial charge in [-0.3, -0.25) is 0 Å². The molecule has 0 spiro atoms. The number of phenolic OH excluding ortho intramolecular Hbond substituents is 1. The van der Waals surface area contributed by atoms with E-state index in [1.54, 1.807) is 18.3 Å². The average Bonchev–Trinajstić information content (AvgIpc) is 2.35. The fourth-order valence-electron chi connectivity index (χ4n) is 1.44. The van der Waals surface area contributed by atoms with Crippen LogP contribution in [-0.2, 0) is 6.54 Å². The number of benzene rings is 1. The Morgan fingerprint density at radius 3 is 2.56 bits per heavy atom. The number of nitrogens with zero attached hydrogens (tertiary/aromatic N) is 1. The summed E-state index contributed by atoms with van der Waals surface area (Å²) in [6, 6.07) is 5.68. The highest BCUT2D eigenvalue weighted by Crippen LogP contribution is 2.23. The first-order chi connectivity index (χ1) is 8.58. The van der Waals surface area contributed by atoms with Gasteiger partial charge in [0.2, 0.25) is 0 Å². The van der Waals surface area contributed by atoms with Crippen LogP contribution in [0.4, 0.5) is 14.5 Å². The number of pyridine rings is 1. The van der Waals surface area contributed by atoms with E-state index in [9.17, 15) is 8.78 Å². The normalized spacial score (nSPS) is 10.4. The quantitative estimate of drug-likeness (QED) is 0.853. The molecule has 0 aliphatic carbocycles. The number of halogens is 3. The van der Waals surface area contributed by atoms with Gasteiger partial charge in [-0.1, -0.05) is 0 Å². The second-order valence-corrected chi connectivity index (χ2v) is 4.35. The molecule has 6 heteroatoms. The van der Waals surface area contributed by atoms with E-state index in [1.165, 1.54) is 0 Å². The van der Waals surface area contributed by atoms with Crippen LogP contribution in [0.3, 0.4) is 0 Å². The average molecular weight is 315 g/mol. The van der Waals surface area contributed by atoms with Gasteiger partial charge in [-0.2, -0.15) is 0 Å². The third-order valence-electron chi connectivity index (χ3n) is 2.32. The molecule has 0 unspecified atom stereocenters. The predicted octanol–water partition coefficient (Wildman–Crippen LogP) is 3.44. The first kappa shape index (κ1) is 12.8. The van der Waals surface area contributed by atoms with Crippen LogP contribution >= 0.6 is 15.9 Å². The maximum absolute atomic E-state index is 13.1. The van der Waals surface area contributed by atoms with Crippen molar-refractivity contribution in [2.45, 2.75) is 6.54 Å². The summed E-state index contributed by atoms with van der Waals surface area (Å²) in [6.45, 7) is 0.221. The van der Waals surface area contributed by atoms with Crippen LogP contribution in [0.5, 0.6) is 5.75 Å². The number of hydrogen-bond donors (Lipinski definition) is 2. The highest BCUT2D eigenvalue weighted by molar-refractivity contribution is 9.10. The molecule has 94 valence electrons. The zero-order chi connectivity index (χ0) is 13.1. The maximum Gasteiger partial charge on any atom is 0.187 e. The number of hydrogen-bond acceptors (Lipinski definition) is 3. The zero-order valence-electron chi connectivity index (χ0n) is 9.12. The Bertz CT molecular complexity index is 555. The van der Waals surface area contributed by atoms with E-state index in [2.05, 4.69) is 26.2 Å². The molecule has 0 fully saturated rings. The third kappa shape index (κ3) is 2.76. The molecule has 1 aromatic heterocycles. The molecule has 2 aromatic rings. The van der Waals surface area contributed by atoms with Gasteiger partial charge in [0.25, 0.3) is 0 Å². The smallest absolute Gasteiger partial charge is 0.187 e. The second-order valence-electron chi connectivity index (χ2n) is 3.60. The Morgan fingerprint density at radius 1 is 1.28 bits per heavy atom. The van der Waals surface area contributed by atoms with Crippen molar-refractivity contribution in [1.82, 2.24) is 4.98 Å². The molecule has 0 aliphatic heterocycles. The van der Waals surface area contributed by atoms with Crippen molar-refractivity contribution in [1.29, 1.82) is 0 Å². The van der Waals surface area contributed by atoms with Gasteiger partial charge >= 0.3 is 0 Å². The fraction of sp³-hybridized carbons (Fsp3) is 0.0833. The van der Waals surface area contributed by atoms with Gasteiger partial charge in [0.1, 0.15) is 4.60 Å². The highest BCUT2D eigenvalue weighted by Gasteiger charge is 2.09. The number of aromatic nitrogens is 1. The fourth-order valence-corrected chi connectivity index (χ4v) is 1.83. The summed E-state index contributed by atoms with van der Waals surface area (Å²) in [5.74, 6) is -2.91. The van der Waals surface area contributed by atoms with Crippen molar-refractivity contribution < 1.29 is 13.9 Å². The van der Waals surface area contributed by atoms with Crippen LogP contribution in [0.25, 0.3) is 0 Å². The first-order valence-corrected chi connectivity index (χ1v) is 5.88. The van der Waals surface area contributed by atoms with Crippen molar-refractivity contribution in [2.24, 2.45) is 0 Å². The molecule has 0 bridgehead atoms. The molecular formula is C12H9BrF2N2O. The lowest BCUT2D eigenvalue weighted by atomic mass is 10.2. The van der Waals surface area contributed by atoms with Gasteiger partial charge < -0.3 is 10.4 Å². The summed E-state index contributed by atoms with van der Waals surface area (Å²) < 4.78 is 26.8. The lowest BCUT2D eigenvalue weighted by Gasteiger charge is -2.08. The van der Waals surface area contributed by atoms with Gasteiger partial charge in [0, 0.05) is 12.7 Å². The number of nitrogens with one attached hydrogen (secondary N) is 1. The molecule has 0 atom stereocenters. The Hall–Kier alpha value is -1.69. The minimum absolute atomic E-state index is 0.221. The predicted molar refractivity (Wildman–Crippen MR) is 67.3 cm³/mol. The Kier molecular flexibility index (Phi) is 3.76. The largest absolute Gasteiger partial charge is 0.503 e. The van der Waals surface area contributed by atoms with E-state index >= 15 is 0 Å². The summed E-state index contributed by atoms with van der Waals surface area (Å²) in [5.41, 5.74) is 1.10. The van der Waals surface area contributed by atoms with Crippen LogP contribution in [0, 0.1) is 11.6 Å². The van der Waals surface area contributed by atoms with Gasteiger partial charge in [-0.25, -0.2) is 13.8 Å². The second kappa shape index (κ2) is 5.30. The van der Waals surface area contributed by atoms with E-state index < -0.39 is 17.4 Å². The van der Waals surface area contributed by atoms with Crippen molar-refractivity contribution >= 4 is 21.6 Å². The molecule has 3 nitrogen and oxygen atoms in total. The Balaban J connectivity index is 2.14. The minimum atomic E-state index is -0.975. The molecular weight excluding hydrogens is 306 g/mol. The summed E-state index contributed by atoms with van der Waals surface area (Å²) in [4.78, 5) is 4.01. The molecule has 0 amide bonds. The lowest BCUT2D eigenvalue weighted by Crippen LogP contribution is -2.02. The van der Waals surface area contributed by atoms with E-state index in [0.29, 0.717) is 15.9 Å².